The maximum absolute atomic E-state index is 5.76. The van der Waals surface area contributed by atoms with Crippen molar-refractivity contribution in [2.45, 2.75) is 12.5 Å². The Kier molecular flexibility index (Phi) is 3.52. The monoisotopic (exact) mass is 292 g/mol. The standard InChI is InChI=1S/C11H9BrN4O/c1-2-4-8(13)11-15-10(16-17-11)9-7(12)5-3-6-14-9/h1,3,5-6,8H,4,13H2. The van der Waals surface area contributed by atoms with E-state index >= 15 is 0 Å². The van der Waals surface area contributed by atoms with E-state index in [0.29, 0.717) is 23.8 Å². The van der Waals surface area contributed by atoms with Crippen LogP contribution in [-0.4, -0.2) is 15.1 Å². The first-order valence-corrected chi connectivity index (χ1v) is 5.65. The van der Waals surface area contributed by atoms with Crippen LogP contribution in [0, 0.1) is 12.3 Å². The van der Waals surface area contributed by atoms with Crippen LogP contribution in [0.2, 0.25) is 0 Å². The summed E-state index contributed by atoms with van der Waals surface area (Å²) >= 11 is 3.36. The average molecular weight is 293 g/mol. The van der Waals surface area contributed by atoms with Crippen LogP contribution in [-0.2, 0) is 0 Å². The van der Waals surface area contributed by atoms with Crippen molar-refractivity contribution in [3.8, 4) is 23.9 Å². The first kappa shape index (κ1) is 11.8. The van der Waals surface area contributed by atoms with Gasteiger partial charge in [0.15, 0.2) is 0 Å². The molecule has 0 saturated carbocycles. The number of hydrogen-bond donors (Lipinski definition) is 1. The smallest absolute Gasteiger partial charge is 0.244 e. The summed E-state index contributed by atoms with van der Waals surface area (Å²) in [5.41, 5.74) is 6.37. The predicted octanol–water partition coefficient (Wildman–Crippen LogP) is 1.92. The molecule has 17 heavy (non-hydrogen) atoms. The first-order chi connectivity index (χ1) is 8.22. The summed E-state index contributed by atoms with van der Waals surface area (Å²) in [5.74, 6) is 3.15. The van der Waals surface area contributed by atoms with Gasteiger partial charge in [0.05, 0.1) is 6.04 Å². The number of pyridine rings is 1. The molecule has 0 aliphatic heterocycles. The number of halogens is 1. The molecular weight excluding hydrogens is 284 g/mol. The molecule has 2 heterocycles. The van der Waals surface area contributed by atoms with E-state index in [4.69, 9.17) is 16.7 Å². The van der Waals surface area contributed by atoms with E-state index in [1.54, 1.807) is 12.3 Å². The molecule has 2 rings (SSSR count). The maximum atomic E-state index is 5.76. The molecule has 0 spiro atoms. The topological polar surface area (TPSA) is 77.8 Å². The van der Waals surface area contributed by atoms with Gasteiger partial charge in [0.1, 0.15) is 5.69 Å². The van der Waals surface area contributed by atoms with E-state index in [1.807, 2.05) is 6.07 Å². The van der Waals surface area contributed by atoms with Gasteiger partial charge in [-0.25, -0.2) is 0 Å². The van der Waals surface area contributed by atoms with Gasteiger partial charge in [0, 0.05) is 17.1 Å². The van der Waals surface area contributed by atoms with Crippen LogP contribution in [0.4, 0.5) is 0 Å². The van der Waals surface area contributed by atoms with Crippen molar-refractivity contribution in [3.63, 3.8) is 0 Å². The number of hydrogen-bond acceptors (Lipinski definition) is 5. The van der Waals surface area contributed by atoms with Crippen LogP contribution in [0.3, 0.4) is 0 Å². The SMILES string of the molecule is C#CCC(N)c1nc(-c2ncccc2Br)no1. The molecule has 1 unspecified atom stereocenters. The molecule has 86 valence electrons. The Morgan fingerprint density at radius 1 is 1.59 bits per heavy atom. The van der Waals surface area contributed by atoms with Gasteiger partial charge < -0.3 is 10.3 Å². The highest BCUT2D eigenvalue weighted by Gasteiger charge is 2.16. The Balaban J connectivity index is 2.31. The summed E-state index contributed by atoms with van der Waals surface area (Å²) in [6, 6.07) is 3.21. The van der Waals surface area contributed by atoms with Crippen molar-refractivity contribution in [1.29, 1.82) is 0 Å². The minimum Gasteiger partial charge on any atom is -0.337 e. The van der Waals surface area contributed by atoms with E-state index in [2.05, 4.69) is 37.0 Å². The van der Waals surface area contributed by atoms with Crippen LogP contribution >= 0.6 is 15.9 Å². The molecule has 0 aliphatic carbocycles. The molecule has 0 fully saturated rings. The molecule has 0 amide bonds. The Morgan fingerprint density at radius 3 is 3.12 bits per heavy atom. The van der Waals surface area contributed by atoms with E-state index in [-0.39, 0.29) is 0 Å². The summed E-state index contributed by atoms with van der Waals surface area (Å²) in [4.78, 5) is 8.32. The fourth-order valence-corrected chi connectivity index (χ4v) is 1.68. The largest absolute Gasteiger partial charge is 0.337 e. The Hall–Kier alpha value is -1.71. The highest BCUT2D eigenvalue weighted by molar-refractivity contribution is 9.10. The van der Waals surface area contributed by atoms with Crippen molar-refractivity contribution in [3.05, 3.63) is 28.7 Å². The quantitative estimate of drug-likeness (QED) is 0.875. The van der Waals surface area contributed by atoms with Crippen LogP contribution < -0.4 is 5.73 Å². The van der Waals surface area contributed by atoms with Crippen LogP contribution in [0.25, 0.3) is 11.5 Å². The first-order valence-electron chi connectivity index (χ1n) is 4.86. The van der Waals surface area contributed by atoms with Crippen LogP contribution in [0.1, 0.15) is 18.4 Å². The number of terminal acetylenes is 1. The summed E-state index contributed by atoms with van der Waals surface area (Å²) in [7, 11) is 0. The third kappa shape index (κ3) is 2.52. The minimum atomic E-state index is -0.441. The summed E-state index contributed by atoms with van der Waals surface area (Å²) in [6.45, 7) is 0. The van der Waals surface area contributed by atoms with Gasteiger partial charge in [-0.3, -0.25) is 4.98 Å². The highest BCUT2D eigenvalue weighted by atomic mass is 79.9. The third-order valence-corrected chi connectivity index (χ3v) is 2.71. The second-order valence-corrected chi connectivity index (χ2v) is 4.16. The zero-order valence-electron chi connectivity index (χ0n) is 8.80. The molecule has 0 aliphatic rings. The molecule has 0 radical (unpaired) electrons. The van der Waals surface area contributed by atoms with E-state index in [0.717, 1.165) is 4.47 Å². The Labute approximate surface area is 107 Å². The second kappa shape index (κ2) is 5.08. The molecule has 2 aromatic heterocycles. The van der Waals surface area contributed by atoms with Crippen molar-refractivity contribution >= 4 is 15.9 Å². The highest BCUT2D eigenvalue weighted by Crippen LogP contribution is 2.24. The van der Waals surface area contributed by atoms with E-state index in [9.17, 15) is 0 Å². The predicted molar refractivity (Wildman–Crippen MR) is 65.6 cm³/mol. The normalized spacial score (nSPS) is 12.1. The molecule has 1 atom stereocenters. The zero-order valence-corrected chi connectivity index (χ0v) is 10.4. The lowest BCUT2D eigenvalue weighted by Crippen LogP contribution is -2.09. The third-order valence-electron chi connectivity index (χ3n) is 2.07. The van der Waals surface area contributed by atoms with Crippen LogP contribution in [0.15, 0.2) is 27.3 Å². The maximum Gasteiger partial charge on any atom is 0.244 e. The molecule has 0 saturated heterocycles. The van der Waals surface area contributed by atoms with Gasteiger partial charge in [0.25, 0.3) is 0 Å². The van der Waals surface area contributed by atoms with Gasteiger partial charge in [0.2, 0.25) is 11.7 Å². The van der Waals surface area contributed by atoms with Gasteiger partial charge in [-0.2, -0.15) is 4.98 Å². The second-order valence-electron chi connectivity index (χ2n) is 3.30. The molecule has 0 aromatic carbocycles. The lowest BCUT2D eigenvalue weighted by Gasteiger charge is -1.99. The van der Waals surface area contributed by atoms with E-state index in [1.165, 1.54) is 0 Å². The lowest BCUT2D eigenvalue weighted by atomic mass is 10.2. The minimum absolute atomic E-state index is 0.315. The van der Waals surface area contributed by atoms with Gasteiger partial charge >= 0.3 is 0 Å². The molecule has 2 aromatic rings. The number of aromatic nitrogens is 3. The molecular formula is C11H9BrN4O. The van der Waals surface area contributed by atoms with Gasteiger partial charge in [-0.1, -0.05) is 5.16 Å². The number of nitrogens with zero attached hydrogens (tertiary/aromatic N) is 3. The van der Waals surface area contributed by atoms with Gasteiger partial charge in [-0.05, 0) is 28.1 Å². The number of nitrogens with two attached hydrogens (primary N) is 1. The lowest BCUT2D eigenvalue weighted by molar-refractivity contribution is 0.356. The molecule has 5 nitrogen and oxygen atoms in total. The molecule has 0 bridgehead atoms. The van der Waals surface area contributed by atoms with Crippen molar-refractivity contribution < 1.29 is 4.52 Å². The van der Waals surface area contributed by atoms with Crippen LogP contribution in [0.5, 0.6) is 0 Å². The number of rotatable bonds is 3. The summed E-state index contributed by atoms with van der Waals surface area (Å²) in [6.07, 6.45) is 7.17. The van der Waals surface area contributed by atoms with Crippen molar-refractivity contribution in [2.24, 2.45) is 5.73 Å². The molecule has 6 heteroatoms. The summed E-state index contributed by atoms with van der Waals surface area (Å²) in [5, 5.41) is 3.82. The summed E-state index contributed by atoms with van der Waals surface area (Å²) < 4.78 is 5.84. The van der Waals surface area contributed by atoms with Gasteiger partial charge in [-0.15, -0.1) is 12.3 Å². The Morgan fingerprint density at radius 2 is 2.41 bits per heavy atom. The Bertz CT molecular complexity index is 561. The molecule has 2 N–H and O–H groups in total. The fourth-order valence-electron chi connectivity index (χ4n) is 1.25. The fraction of sp³-hybridized carbons (Fsp3) is 0.182. The van der Waals surface area contributed by atoms with Crippen molar-refractivity contribution in [2.75, 3.05) is 0 Å². The van der Waals surface area contributed by atoms with Crippen molar-refractivity contribution in [1.82, 2.24) is 15.1 Å². The van der Waals surface area contributed by atoms with E-state index < -0.39 is 6.04 Å². The average Bonchev–Trinajstić information content (AvgIpc) is 2.79. The zero-order chi connectivity index (χ0) is 12.3.